The number of fused-ring (bicyclic) bond motifs is 1. The molecule has 0 bridgehead atoms. The van der Waals surface area contributed by atoms with Crippen molar-refractivity contribution in [2.75, 3.05) is 6.54 Å². The standard InChI is InChI=1S/C13H12ClN5S/c14-9-3-1-8(2-4-9)10(5-15)20-13-11-12(17-6-16-11)18-7-19-13/h1-4,6-7,10H,5,15H2,(H,16,17,18,19). The normalized spacial score (nSPS) is 12.7. The fourth-order valence-corrected chi connectivity index (χ4v) is 3.06. The molecule has 0 spiro atoms. The highest BCUT2D eigenvalue weighted by Crippen LogP contribution is 2.35. The maximum Gasteiger partial charge on any atom is 0.181 e. The van der Waals surface area contributed by atoms with Crippen molar-refractivity contribution in [2.45, 2.75) is 10.3 Å². The van der Waals surface area contributed by atoms with E-state index in [1.165, 1.54) is 6.33 Å². The lowest BCUT2D eigenvalue weighted by Crippen LogP contribution is -2.09. The van der Waals surface area contributed by atoms with Crippen LogP contribution in [0.3, 0.4) is 0 Å². The molecule has 3 aromatic rings. The number of hydrogen-bond donors (Lipinski definition) is 2. The number of aromatic nitrogens is 4. The molecule has 1 unspecified atom stereocenters. The quantitative estimate of drug-likeness (QED) is 0.572. The second kappa shape index (κ2) is 5.78. The third-order valence-electron chi connectivity index (χ3n) is 2.90. The molecule has 2 heterocycles. The summed E-state index contributed by atoms with van der Waals surface area (Å²) < 4.78 is 0. The molecule has 7 heteroatoms. The lowest BCUT2D eigenvalue weighted by molar-refractivity contribution is 0.934. The number of hydrogen-bond acceptors (Lipinski definition) is 5. The van der Waals surface area contributed by atoms with Crippen LogP contribution in [0.4, 0.5) is 0 Å². The zero-order valence-electron chi connectivity index (χ0n) is 10.5. The number of imidazole rings is 1. The highest BCUT2D eigenvalue weighted by atomic mass is 35.5. The Labute approximate surface area is 125 Å². The van der Waals surface area contributed by atoms with Crippen LogP contribution in [0.1, 0.15) is 10.8 Å². The Morgan fingerprint density at radius 2 is 2.00 bits per heavy atom. The van der Waals surface area contributed by atoms with Crippen LogP contribution in [0.15, 0.2) is 41.9 Å². The third kappa shape index (κ3) is 2.63. The smallest absolute Gasteiger partial charge is 0.181 e. The summed E-state index contributed by atoms with van der Waals surface area (Å²) in [7, 11) is 0. The van der Waals surface area contributed by atoms with Crippen LogP contribution in [0, 0.1) is 0 Å². The molecule has 1 aromatic carbocycles. The van der Waals surface area contributed by atoms with E-state index in [-0.39, 0.29) is 5.25 Å². The first-order chi connectivity index (χ1) is 9.78. The molecule has 102 valence electrons. The van der Waals surface area contributed by atoms with Gasteiger partial charge >= 0.3 is 0 Å². The van der Waals surface area contributed by atoms with Gasteiger partial charge in [-0.25, -0.2) is 15.0 Å². The first-order valence-corrected chi connectivity index (χ1v) is 7.30. The summed E-state index contributed by atoms with van der Waals surface area (Å²) in [5, 5.41) is 1.67. The lowest BCUT2D eigenvalue weighted by atomic mass is 10.1. The van der Waals surface area contributed by atoms with Crippen LogP contribution in [0.5, 0.6) is 0 Å². The molecular weight excluding hydrogens is 294 g/mol. The van der Waals surface area contributed by atoms with E-state index in [4.69, 9.17) is 17.3 Å². The fraction of sp³-hybridized carbons (Fsp3) is 0.154. The topological polar surface area (TPSA) is 80.5 Å². The molecule has 0 saturated heterocycles. The monoisotopic (exact) mass is 305 g/mol. The fourth-order valence-electron chi connectivity index (χ4n) is 1.90. The largest absolute Gasteiger partial charge is 0.341 e. The van der Waals surface area contributed by atoms with E-state index in [9.17, 15) is 0 Å². The average molecular weight is 306 g/mol. The van der Waals surface area contributed by atoms with Crippen molar-refractivity contribution in [3.8, 4) is 0 Å². The minimum absolute atomic E-state index is 0.105. The van der Waals surface area contributed by atoms with Crippen LogP contribution in [-0.4, -0.2) is 26.5 Å². The zero-order chi connectivity index (χ0) is 13.9. The number of rotatable bonds is 4. The molecule has 0 saturated carbocycles. The molecule has 3 rings (SSSR count). The first-order valence-electron chi connectivity index (χ1n) is 6.04. The first kappa shape index (κ1) is 13.4. The molecule has 3 N–H and O–H groups in total. The third-order valence-corrected chi connectivity index (χ3v) is 4.43. The number of benzene rings is 1. The van der Waals surface area contributed by atoms with Crippen LogP contribution >= 0.6 is 23.4 Å². The van der Waals surface area contributed by atoms with E-state index in [0.717, 1.165) is 16.1 Å². The van der Waals surface area contributed by atoms with E-state index in [1.54, 1.807) is 18.1 Å². The molecular formula is C13H12ClN5S. The van der Waals surface area contributed by atoms with Gasteiger partial charge in [-0.05, 0) is 17.7 Å². The maximum atomic E-state index is 5.91. The summed E-state index contributed by atoms with van der Waals surface area (Å²) in [6, 6.07) is 7.70. The SMILES string of the molecule is NCC(Sc1ncnc2nc[nH]c12)c1ccc(Cl)cc1. The van der Waals surface area contributed by atoms with Crippen LogP contribution < -0.4 is 5.73 Å². The van der Waals surface area contributed by atoms with Gasteiger partial charge in [-0.15, -0.1) is 0 Å². The molecule has 0 fully saturated rings. The van der Waals surface area contributed by atoms with Crippen molar-refractivity contribution < 1.29 is 0 Å². The van der Waals surface area contributed by atoms with Gasteiger partial charge in [0, 0.05) is 16.8 Å². The van der Waals surface area contributed by atoms with Crippen molar-refractivity contribution >= 4 is 34.5 Å². The molecule has 0 aliphatic heterocycles. The molecule has 5 nitrogen and oxygen atoms in total. The summed E-state index contributed by atoms with van der Waals surface area (Å²) in [4.78, 5) is 15.6. The predicted octanol–water partition coefficient (Wildman–Crippen LogP) is 2.80. The minimum Gasteiger partial charge on any atom is -0.341 e. The number of halogens is 1. The Bertz CT molecular complexity index is 712. The van der Waals surface area contributed by atoms with Gasteiger partial charge in [0.05, 0.1) is 6.33 Å². The van der Waals surface area contributed by atoms with E-state index < -0.39 is 0 Å². The van der Waals surface area contributed by atoms with Gasteiger partial charge in [0.2, 0.25) is 0 Å². The summed E-state index contributed by atoms with van der Waals surface area (Å²) in [6.07, 6.45) is 3.13. The molecule has 0 radical (unpaired) electrons. The molecule has 1 atom stereocenters. The molecule has 0 aliphatic rings. The van der Waals surface area contributed by atoms with Gasteiger partial charge in [-0.3, -0.25) is 0 Å². The number of H-pyrrole nitrogens is 1. The average Bonchev–Trinajstić information content (AvgIpc) is 2.95. The molecule has 2 aromatic heterocycles. The Kier molecular flexibility index (Phi) is 3.86. The second-order valence-corrected chi connectivity index (χ2v) is 5.80. The van der Waals surface area contributed by atoms with Gasteiger partial charge in [0.15, 0.2) is 5.65 Å². The number of nitrogens with one attached hydrogen (secondary N) is 1. The van der Waals surface area contributed by atoms with E-state index >= 15 is 0 Å². The van der Waals surface area contributed by atoms with Gasteiger partial charge in [0.1, 0.15) is 16.9 Å². The highest BCUT2D eigenvalue weighted by Gasteiger charge is 2.15. The second-order valence-electron chi connectivity index (χ2n) is 4.17. The summed E-state index contributed by atoms with van der Waals surface area (Å²) in [5.74, 6) is 0. The number of thioether (sulfide) groups is 1. The molecule has 20 heavy (non-hydrogen) atoms. The Balaban J connectivity index is 1.91. The zero-order valence-corrected chi connectivity index (χ0v) is 12.0. The summed E-state index contributed by atoms with van der Waals surface area (Å²) in [6.45, 7) is 0.506. The van der Waals surface area contributed by atoms with E-state index in [0.29, 0.717) is 17.2 Å². The number of nitrogens with zero attached hydrogens (tertiary/aromatic N) is 3. The molecule has 0 amide bonds. The van der Waals surface area contributed by atoms with E-state index in [1.807, 2.05) is 24.3 Å². The Morgan fingerprint density at radius 3 is 2.75 bits per heavy atom. The van der Waals surface area contributed by atoms with Crippen LogP contribution in [0.2, 0.25) is 5.02 Å². The summed E-state index contributed by atoms with van der Waals surface area (Å²) >= 11 is 7.50. The van der Waals surface area contributed by atoms with Crippen molar-refractivity contribution in [1.29, 1.82) is 0 Å². The van der Waals surface area contributed by atoms with E-state index in [2.05, 4.69) is 19.9 Å². The van der Waals surface area contributed by atoms with Gasteiger partial charge in [0.25, 0.3) is 0 Å². The Morgan fingerprint density at radius 1 is 1.20 bits per heavy atom. The lowest BCUT2D eigenvalue weighted by Gasteiger charge is -2.14. The van der Waals surface area contributed by atoms with Crippen molar-refractivity contribution in [3.63, 3.8) is 0 Å². The predicted molar refractivity (Wildman–Crippen MR) is 80.8 cm³/mol. The maximum absolute atomic E-state index is 5.91. The van der Waals surface area contributed by atoms with Crippen molar-refractivity contribution in [2.24, 2.45) is 5.73 Å². The van der Waals surface area contributed by atoms with Crippen LogP contribution in [-0.2, 0) is 0 Å². The summed E-state index contributed by atoms with van der Waals surface area (Å²) in [5.41, 5.74) is 8.51. The van der Waals surface area contributed by atoms with Gasteiger partial charge in [-0.1, -0.05) is 35.5 Å². The highest BCUT2D eigenvalue weighted by molar-refractivity contribution is 7.99. The van der Waals surface area contributed by atoms with Crippen molar-refractivity contribution in [1.82, 2.24) is 19.9 Å². The van der Waals surface area contributed by atoms with Crippen molar-refractivity contribution in [3.05, 3.63) is 47.5 Å². The van der Waals surface area contributed by atoms with Gasteiger partial charge in [-0.2, -0.15) is 0 Å². The molecule has 0 aliphatic carbocycles. The van der Waals surface area contributed by atoms with Gasteiger partial charge < -0.3 is 10.7 Å². The minimum atomic E-state index is 0.105. The number of aromatic amines is 1. The van der Waals surface area contributed by atoms with Crippen LogP contribution in [0.25, 0.3) is 11.2 Å². The Hall–Kier alpha value is -1.63. The number of nitrogens with two attached hydrogens (primary N) is 1.